The number of hydrogen-bond acceptors (Lipinski definition) is 10. The maximum Gasteiger partial charge on any atom is 0.282 e. The van der Waals surface area contributed by atoms with Gasteiger partial charge >= 0.3 is 0 Å². The molecule has 2 N–H and O–H groups in total. The Morgan fingerprint density at radius 3 is 2.43 bits per heavy atom. The molecule has 0 saturated carbocycles. The number of amides is 3. The van der Waals surface area contributed by atoms with Crippen molar-refractivity contribution in [1.29, 1.82) is 0 Å². The van der Waals surface area contributed by atoms with Crippen LogP contribution in [0.4, 0.5) is 11.4 Å². The molecule has 4 aromatic rings. The molecule has 278 valence electrons. The van der Waals surface area contributed by atoms with Crippen LogP contribution in [0, 0.1) is 5.41 Å². The summed E-state index contributed by atoms with van der Waals surface area (Å²) in [6, 6.07) is 13.9. The molecule has 6 heterocycles. The number of halogens is 1. The first-order valence-corrected chi connectivity index (χ1v) is 19.3. The number of aromatic nitrogens is 5. The lowest BCUT2D eigenvalue weighted by Gasteiger charge is -2.47. The van der Waals surface area contributed by atoms with Gasteiger partial charge in [0.25, 0.3) is 17.4 Å². The molecule has 4 fully saturated rings. The summed E-state index contributed by atoms with van der Waals surface area (Å²) in [5, 5.41) is 18.7. The van der Waals surface area contributed by atoms with E-state index >= 15 is 0 Å². The van der Waals surface area contributed by atoms with Gasteiger partial charge in [-0.05, 0) is 109 Å². The van der Waals surface area contributed by atoms with Crippen LogP contribution in [0.5, 0.6) is 0 Å². The van der Waals surface area contributed by atoms with Crippen LogP contribution >= 0.6 is 15.9 Å². The molecular weight excluding hydrogens is 740 g/mol. The third-order valence-corrected chi connectivity index (χ3v) is 12.7. The molecule has 1 unspecified atom stereocenters. The predicted molar refractivity (Wildman–Crippen MR) is 204 cm³/mol. The minimum absolute atomic E-state index is 0.0988. The molecule has 4 saturated heterocycles. The van der Waals surface area contributed by atoms with Crippen molar-refractivity contribution in [1.82, 2.24) is 39.9 Å². The van der Waals surface area contributed by atoms with Gasteiger partial charge in [-0.15, -0.1) is 5.10 Å². The normalized spacial score (nSPS) is 23.7. The quantitative estimate of drug-likeness (QED) is 0.277. The number of nitrogens with zero attached hydrogens (tertiary/aromatic N) is 8. The third kappa shape index (κ3) is 7.08. The van der Waals surface area contributed by atoms with Gasteiger partial charge in [-0.25, -0.2) is 9.36 Å². The molecule has 4 aliphatic rings. The summed E-state index contributed by atoms with van der Waals surface area (Å²) in [4.78, 5) is 57.0. The van der Waals surface area contributed by atoms with Crippen LogP contribution in [0.1, 0.15) is 72.8 Å². The Morgan fingerprint density at radius 1 is 0.962 bits per heavy atom. The van der Waals surface area contributed by atoms with Gasteiger partial charge in [0.15, 0.2) is 0 Å². The lowest BCUT2D eigenvalue weighted by Crippen LogP contribution is -2.48. The van der Waals surface area contributed by atoms with E-state index in [1.54, 1.807) is 17.9 Å². The zero-order valence-corrected chi connectivity index (χ0v) is 31.7. The molecule has 15 heteroatoms. The molecular formula is C38H45BrN10O4. The van der Waals surface area contributed by atoms with Crippen molar-refractivity contribution in [3.8, 4) is 0 Å². The predicted octanol–water partition coefficient (Wildman–Crippen LogP) is 3.69. The second-order valence-corrected chi connectivity index (χ2v) is 16.2. The lowest BCUT2D eigenvalue weighted by molar-refractivity contribution is -0.135. The fraction of sp³-hybridized carbons (Fsp3) is 0.500. The van der Waals surface area contributed by atoms with E-state index in [0.717, 1.165) is 93.7 Å². The lowest BCUT2D eigenvalue weighted by atomic mass is 9.71. The number of anilines is 2. The number of aryl methyl sites for hydroxylation is 1. The average molecular weight is 786 g/mol. The van der Waals surface area contributed by atoms with Gasteiger partial charge < -0.3 is 20.0 Å². The first-order valence-electron chi connectivity index (χ1n) is 18.6. The first-order chi connectivity index (χ1) is 25.6. The highest BCUT2D eigenvalue weighted by atomic mass is 79.9. The molecule has 3 amide bonds. The number of imide groups is 1. The Kier molecular flexibility index (Phi) is 9.56. The SMILES string of the molecule is CN1C[C@H](Nc2cnn(C)c(=O)c2Br)C[C@H](c2ccc(C(=O)N3CCC4(CC3)CCN(c3ccc5nnn(C6CCC(=O)NC6=O)c5c3)CC4)cc2)C1. The molecule has 14 nitrogen and oxygen atoms in total. The summed E-state index contributed by atoms with van der Waals surface area (Å²) in [6.45, 7) is 5.15. The smallest absolute Gasteiger partial charge is 0.282 e. The van der Waals surface area contributed by atoms with Gasteiger partial charge in [0.05, 0.1) is 17.4 Å². The molecule has 1 spiro atoms. The summed E-state index contributed by atoms with van der Waals surface area (Å²) in [5.74, 6) is -0.189. The summed E-state index contributed by atoms with van der Waals surface area (Å²) in [7, 11) is 3.75. The van der Waals surface area contributed by atoms with Crippen LogP contribution in [-0.2, 0) is 16.6 Å². The van der Waals surface area contributed by atoms with Crippen molar-refractivity contribution >= 4 is 56.1 Å². The van der Waals surface area contributed by atoms with Crippen molar-refractivity contribution < 1.29 is 14.4 Å². The first kappa shape index (κ1) is 35.4. The van der Waals surface area contributed by atoms with E-state index in [0.29, 0.717) is 22.5 Å². The number of carbonyl (C=O) groups is 3. The average Bonchev–Trinajstić information content (AvgIpc) is 3.58. The van der Waals surface area contributed by atoms with Crippen LogP contribution in [0.15, 0.2) is 57.9 Å². The Balaban J connectivity index is 0.854. The Morgan fingerprint density at radius 2 is 1.70 bits per heavy atom. The van der Waals surface area contributed by atoms with Gasteiger partial charge in [-0.1, -0.05) is 17.3 Å². The highest BCUT2D eigenvalue weighted by Crippen LogP contribution is 2.43. The number of likely N-dealkylation sites (N-methyl/N-ethyl adjacent to an activating group) is 1. The van der Waals surface area contributed by atoms with Gasteiger partial charge in [-0.2, -0.15) is 5.10 Å². The van der Waals surface area contributed by atoms with Crippen LogP contribution in [0.3, 0.4) is 0 Å². The van der Waals surface area contributed by atoms with Crippen LogP contribution in [-0.4, -0.2) is 105 Å². The summed E-state index contributed by atoms with van der Waals surface area (Å²) in [6.07, 6.45) is 7.42. The summed E-state index contributed by atoms with van der Waals surface area (Å²) >= 11 is 3.43. The standard InChI is InChI=1S/C38H45BrN10O4/c1-45-22-26(19-27(23-45)41-30-21-40-46(2)37(53)34(30)39)24-3-5-25(6-4-24)36(52)48-17-13-38(14-18-48)11-15-47(16-12-38)28-7-8-29-32(20-28)49(44-43-29)31-9-10-33(50)42-35(31)51/h3-8,20-21,26-27,31,41H,9-19,22-23H2,1-2H3,(H,42,50,51)/t26-,27+,31?/m0/s1. The molecule has 2 aromatic heterocycles. The zero-order valence-electron chi connectivity index (χ0n) is 30.1. The molecule has 53 heavy (non-hydrogen) atoms. The molecule has 4 aliphatic heterocycles. The second kappa shape index (κ2) is 14.3. The molecule has 3 atom stereocenters. The van der Waals surface area contributed by atoms with E-state index in [4.69, 9.17) is 0 Å². The highest BCUT2D eigenvalue weighted by molar-refractivity contribution is 9.10. The maximum atomic E-state index is 13.7. The third-order valence-electron chi connectivity index (χ3n) is 12.0. The maximum absolute atomic E-state index is 13.7. The monoisotopic (exact) mass is 784 g/mol. The fourth-order valence-electron chi connectivity index (χ4n) is 8.77. The number of carbonyl (C=O) groups excluding carboxylic acids is 3. The summed E-state index contributed by atoms with van der Waals surface area (Å²) < 4.78 is 3.46. The van der Waals surface area contributed by atoms with Crippen LogP contribution in [0.2, 0.25) is 0 Å². The molecule has 2 aromatic carbocycles. The van der Waals surface area contributed by atoms with Crippen molar-refractivity contribution in [2.24, 2.45) is 12.5 Å². The highest BCUT2D eigenvalue weighted by Gasteiger charge is 2.39. The largest absolute Gasteiger partial charge is 0.379 e. The Bertz CT molecular complexity index is 2100. The van der Waals surface area contributed by atoms with Crippen molar-refractivity contribution in [3.05, 3.63) is 74.6 Å². The van der Waals surface area contributed by atoms with E-state index < -0.39 is 6.04 Å². The fourth-order valence-corrected chi connectivity index (χ4v) is 9.24. The van der Waals surface area contributed by atoms with E-state index in [1.807, 2.05) is 23.1 Å². The van der Waals surface area contributed by atoms with Crippen molar-refractivity contribution in [2.45, 2.75) is 62.9 Å². The second-order valence-electron chi connectivity index (χ2n) is 15.4. The van der Waals surface area contributed by atoms with Gasteiger partial charge in [-0.3, -0.25) is 24.5 Å². The number of nitrogens with one attached hydrogen (secondary N) is 2. The van der Waals surface area contributed by atoms with E-state index in [2.05, 4.69) is 83.1 Å². The van der Waals surface area contributed by atoms with E-state index in [-0.39, 0.29) is 41.2 Å². The molecule has 0 bridgehead atoms. The molecule has 8 rings (SSSR count). The van der Waals surface area contributed by atoms with Crippen LogP contribution < -0.4 is 21.1 Å². The van der Waals surface area contributed by atoms with Gasteiger partial charge in [0.2, 0.25) is 5.91 Å². The number of rotatable bonds is 6. The number of piperidine rings is 4. The minimum atomic E-state index is -0.543. The summed E-state index contributed by atoms with van der Waals surface area (Å²) in [5.41, 5.74) is 5.31. The van der Waals surface area contributed by atoms with Crippen molar-refractivity contribution in [3.63, 3.8) is 0 Å². The van der Waals surface area contributed by atoms with Gasteiger partial charge in [0.1, 0.15) is 16.0 Å². The van der Waals surface area contributed by atoms with E-state index in [9.17, 15) is 19.2 Å². The van der Waals surface area contributed by atoms with Crippen LogP contribution in [0.25, 0.3) is 11.0 Å². The number of benzene rings is 2. The topological polar surface area (TPSA) is 151 Å². The van der Waals surface area contributed by atoms with Crippen molar-refractivity contribution in [2.75, 3.05) is 56.5 Å². The number of fused-ring (bicyclic) bond motifs is 1. The Hall–Kier alpha value is -4.63. The number of likely N-dealkylation sites (tertiary alicyclic amines) is 2. The zero-order chi connectivity index (χ0) is 36.9. The minimum Gasteiger partial charge on any atom is -0.379 e. The van der Waals surface area contributed by atoms with E-state index in [1.165, 1.54) is 10.2 Å². The molecule has 0 radical (unpaired) electrons. The molecule has 0 aliphatic carbocycles. The number of hydrogen-bond donors (Lipinski definition) is 2. The Labute approximate surface area is 316 Å². The van der Waals surface area contributed by atoms with Gasteiger partial charge in [0, 0.05) is 70.0 Å².